The summed E-state index contributed by atoms with van der Waals surface area (Å²) in [7, 11) is 0. The predicted molar refractivity (Wildman–Crippen MR) is 101 cm³/mol. The van der Waals surface area contributed by atoms with Gasteiger partial charge in [0.25, 0.3) is 5.91 Å². The minimum atomic E-state index is -0.578. The summed E-state index contributed by atoms with van der Waals surface area (Å²) >= 11 is 0. The van der Waals surface area contributed by atoms with Crippen molar-refractivity contribution in [1.82, 2.24) is 14.8 Å². The molecule has 0 unspecified atom stereocenters. The molecule has 2 heterocycles. The van der Waals surface area contributed by atoms with E-state index in [4.69, 9.17) is 0 Å². The maximum Gasteiger partial charge on any atom is 0.272 e. The van der Waals surface area contributed by atoms with E-state index in [2.05, 4.69) is 4.98 Å². The van der Waals surface area contributed by atoms with Gasteiger partial charge in [-0.25, -0.2) is 4.98 Å². The summed E-state index contributed by atoms with van der Waals surface area (Å²) in [4.78, 5) is 33.6. The fourth-order valence-electron chi connectivity index (χ4n) is 3.31. The highest BCUT2D eigenvalue weighted by Crippen LogP contribution is 2.26. The van der Waals surface area contributed by atoms with Gasteiger partial charge in [0.05, 0.1) is 5.41 Å². The number of aromatic nitrogens is 1. The molecule has 0 spiro atoms. The minimum absolute atomic E-state index is 0.0666. The Morgan fingerprint density at radius 3 is 2.12 bits per heavy atom. The van der Waals surface area contributed by atoms with Crippen LogP contribution in [0.2, 0.25) is 0 Å². The molecule has 1 saturated heterocycles. The number of hydrogen-bond donors (Lipinski definition) is 0. The third-order valence-corrected chi connectivity index (χ3v) is 4.99. The quantitative estimate of drug-likeness (QED) is 0.854. The average molecular weight is 351 g/mol. The van der Waals surface area contributed by atoms with E-state index in [1.54, 1.807) is 11.0 Å². The smallest absolute Gasteiger partial charge is 0.272 e. The van der Waals surface area contributed by atoms with Gasteiger partial charge in [-0.2, -0.15) is 0 Å². The lowest BCUT2D eigenvalue weighted by molar-refractivity contribution is -0.137. The van der Waals surface area contributed by atoms with Crippen LogP contribution >= 0.6 is 0 Å². The average Bonchev–Trinajstić information content (AvgIpc) is 2.67. The lowest BCUT2D eigenvalue weighted by Crippen LogP contribution is -2.54. The van der Waals surface area contributed by atoms with Crippen molar-refractivity contribution in [1.29, 1.82) is 0 Å². The largest absolute Gasteiger partial charge is 0.338 e. The zero-order valence-electron chi connectivity index (χ0n) is 15.6. The number of carbonyl (C=O) groups is 2. The van der Waals surface area contributed by atoms with Crippen molar-refractivity contribution < 1.29 is 9.59 Å². The normalized spacial score (nSPS) is 15.0. The van der Waals surface area contributed by atoms with Crippen LogP contribution in [0.15, 0.2) is 48.5 Å². The molecule has 1 aromatic heterocycles. The maximum absolute atomic E-state index is 13.0. The summed E-state index contributed by atoms with van der Waals surface area (Å²) < 4.78 is 0. The molecule has 0 saturated carbocycles. The summed E-state index contributed by atoms with van der Waals surface area (Å²) in [6.45, 7) is 7.95. The van der Waals surface area contributed by atoms with Gasteiger partial charge in [-0.05, 0) is 38.5 Å². The van der Waals surface area contributed by atoms with Gasteiger partial charge < -0.3 is 9.80 Å². The van der Waals surface area contributed by atoms with Crippen LogP contribution in [0.25, 0.3) is 0 Å². The van der Waals surface area contributed by atoms with Crippen LogP contribution in [-0.4, -0.2) is 52.8 Å². The molecule has 1 aliphatic rings. The Morgan fingerprint density at radius 2 is 1.50 bits per heavy atom. The lowest BCUT2D eigenvalue weighted by Gasteiger charge is -2.38. The standard InChI is InChI=1S/C21H25N3O2/c1-16-8-7-11-18(22-16)19(25)23-12-14-24(15-13-23)20(26)21(2,3)17-9-5-4-6-10-17/h4-11H,12-15H2,1-3H3. The second-order valence-electron chi connectivity index (χ2n) is 7.24. The van der Waals surface area contributed by atoms with Crippen LogP contribution < -0.4 is 0 Å². The maximum atomic E-state index is 13.0. The Balaban J connectivity index is 1.65. The van der Waals surface area contributed by atoms with Crippen molar-refractivity contribution >= 4 is 11.8 Å². The first-order valence-electron chi connectivity index (χ1n) is 8.97. The second kappa shape index (κ2) is 7.28. The molecule has 2 aromatic rings. The van der Waals surface area contributed by atoms with Crippen LogP contribution in [0.4, 0.5) is 0 Å². The molecular formula is C21H25N3O2. The molecule has 0 radical (unpaired) electrons. The molecule has 1 aliphatic heterocycles. The molecule has 26 heavy (non-hydrogen) atoms. The van der Waals surface area contributed by atoms with E-state index < -0.39 is 5.41 Å². The van der Waals surface area contributed by atoms with Crippen molar-refractivity contribution in [2.45, 2.75) is 26.2 Å². The van der Waals surface area contributed by atoms with Crippen LogP contribution in [0, 0.1) is 6.92 Å². The summed E-state index contributed by atoms with van der Waals surface area (Å²) in [5.41, 5.74) is 1.72. The number of aryl methyl sites for hydroxylation is 1. The first kappa shape index (κ1) is 18.1. The minimum Gasteiger partial charge on any atom is -0.338 e. The van der Waals surface area contributed by atoms with E-state index in [-0.39, 0.29) is 11.8 Å². The third-order valence-electron chi connectivity index (χ3n) is 4.99. The van der Waals surface area contributed by atoms with E-state index in [0.717, 1.165) is 11.3 Å². The molecule has 0 bridgehead atoms. The Kier molecular flexibility index (Phi) is 5.07. The monoisotopic (exact) mass is 351 g/mol. The third kappa shape index (κ3) is 3.62. The fraction of sp³-hybridized carbons (Fsp3) is 0.381. The highest BCUT2D eigenvalue weighted by atomic mass is 16.2. The molecule has 0 aliphatic carbocycles. The van der Waals surface area contributed by atoms with Crippen LogP contribution in [0.1, 0.15) is 35.6 Å². The molecule has 0 N–H and O–H groups in total. The van der Waals surface area contributed by atoms with Crippen molar-refractivity contribution in [2.75, 3.05) is 26.2 Å². The van der Waals surface area contributed by atoms with Gasteiger partial charge in [-0.1, -0.05) is 36.4 Å². The molecule has 5 nitrogen and oxygen atoms in total. The Hall–Kier alpha value is -2.69. The van der Waals surface area contributed by atoms with E-state index in [1.165, 1.54) is 0 Å². The molecular weight excluding hydrogens is 326 g/mol. The summed E-state index contributed by atoms with van der Waals surface area (Å²) in [5.74, 6) is 0.0348. The van der Waals surface area contributed by atoms with Gasteiger partial charge in [0, 0.05) is 31.9 Å². The van der Waals surface area contributed by atoms with Crippen molar-refractivity contribution in [2.24, 2.45) is 0 Å². The number of amides is 2. The molecule has 1 aromatic carbocycles. The lowest BCUT2D eigenvalue weighted by atomic mass is 9.83. The molecule has 0 atom stereocenters. The first-order valence-corrected chi connectivity index (χ1v) is 8.97. The highest BCUT2D eigenvalue weighted by Gasteiger charge is 2.35. The van der Waals surface area contributed by atoms with Gasteiger partial charge in [-0.3, -0.25) is 9.59 Å². The second-order valence-corrected chi connectivity index (χ2v) is 7.24. The van der Waals surface area contributed by atoms with E-state index >= 15 is 0 Å². The van der Waals surface area contributed by atoms with E-state index in [9.17, 15) is 9.59 Å². The molecule has 5 heteroatoms. The zero-order valence-corrected chi connectivity index (χ0v) is 15.6. The number of piperazine rings is 1. The van der Waals surface area contributed by atoms with Crippen LogP contribution in [-0.2, 0) is 10.2 Å². The number of rotatable bonds is 3. The van der Waals surface area contributed by atoms with Crippen LogP contribution in [0.5, 0.6) is 0 Å². The van der Waals surface area contributed by atoms with Gasteiger partial charge in [0.1, 0.15) is 5.69 Å². The number of hydrogen-bond acceptors (Lipinski definition) is 3. The van der Waals surface area contributed by atoms with Crippen molar-refractivity contribution in [3.8, 4) is 0 Å². The predicted octanol–water partition coefficient (Wildman–Crippen LogP) is 2.65. The van der Waals surface area contributed by atoms with Crippen LogP contribution in [0.3, 0.4) is 0 Å². The topological polar surface area (TPSA) is 53.5 Å². The molecule has 136 valence electrons. The Labute approximate surface area is 154 Å². The fourth-order valence-corrected chi connectivity index (χ4v) is 3.31. The van der Waals surface area contributed by atoms with Crippen molar-refractivity contribution in [3.05, 3.63) is 65.5 Å². The van der Waals surface area contributed by atoms with Gasteiger partial charge in [0.2, 0.25) is 5.91 Å². The molecule has 1 fully saturated rings. The van der Waals surface area contributed by atoms with Gasteiger partial charge in [-0.15, -0.1) is 0 Å². The highest BCUT2D eigenvalue weighted by molar-refractivity contribution is 5.93. The van der Waals surface area contributed by atoms with Crippen molar-refractivity contribution in [3.63, 3.8) is 0 Å². The van der Waals surface area contributed by atoms with E-state index in [1.807, 2.05) is 68.1 Å². The summed E-state index contributed by atoms with van der Waals surface area (Å²) in [6, 6.07) is 15.3. The van der Waals surface area contributed by atoms with E-state index in [0.29, 0.717) is 31.9 Å². The summed E-state index contributed by atoms with van der Waals surface area (Å²) in [5, 5.41) is 0. The number of pyridine rings is 1. The number of nitrogens with zero attached hydrogens (tertiary/aromatic N) is 3. The molecule has 3 rings (SSSR count). The SMILES string of the molecule is Cc1cccc(C(=O)N2CCN(C(=O)C(C)(C)c3ccccc3)CC2)n1. The summed E-state index contributed by atoms with van der Waals surface area (Å²) in [6.07, 6.45) is 0. The number of benzene rings is 1. The Bertz CT molecular complexity index is 794. The van der Waals surface area contributed by atoms with Gasteiger partial charge in [0.15, 0.2) is 0 Å². The zero-order chi connectivity index (χ0) is 18.7. The number of carbonyl (C=O) groups excluding carboxylic acids is 2. The first-order chi connectivity index (χ1) is 12.4. The Morgan fingerprint density at radius 1 is 0.885 bits per heavy atom. The van der Waals surface area contributed by atoms with Gasteiger partial charge >= 0.3 is 0 Å². The molecule has 2 amide bonds.